The van der Waals surface area contributed by atoms with Crippen LogP contribution in [0.25, 0.3) is 0 Å². The molecular formula is C15H19O2. The van der Waals surface area contributed by atoms with Crippen molar-refractivity contribution in [2.24, 2.45) is 0 Å². The normalized spacial score (nSPS) is 11.8. The molecule has 0 bridgehead atoms. The Morgan fingerprint density at radius 1 is 1.24 bits per heavy atom. The van der Waals surface area contributed by atoms with Gasteiger partial charge in [-0.05, 0) is 30.9 Å². The van der Waals surface area contributed by atoms with Gasteiger partial charge < -0.3 is 9.84 Å². The van der Waals surface area contributed by atoms with Crippen LogP contribution < -0.4 is 4.74 Å². The fourth-order valence-corrected chi connectivity index (χ4v) is 1.47. The van der Waals surface area contributed by atoms with Gasteiger partial charge in [-0.25, -0.2) is 0 Å². The van der Waals surface area contributed by atoms with Gasteiger partial charge in [0.2, 0.25) is 0 Å². The van der Waals surface area contributed by atoms with E-state index in [2.05, 4.69) is 13.2 Å². The standard InChI is InChI=1S/C15H19O2/c1-3-5-10-14(16)12-17-15-11-7-6-9-13(15)8-4-2/h3-4,6-7,9-11,14,16H,1-2,5,8,12H2. The number of para-hydroxylation sites is 1. The quantitative estimate of drug-likeness (QED) is 0.697. The van der Waals surface area contributed by atoms with Gasteiger partial charge in [-0.2, -0.15) is 0 Å². The molecule has 0 saturated carbocycles. The van der Waals surface area contributed by atoms with Crippen molar-refractivity contribution in [3.63, 3.8) is 0 Å². The maximum Gasteiger partial charge on any atom is 0.122 e. The van der Waals surface area contributed by atoms with Crippen LogP contribution >= 0.6 is 0 Å². The molecule has 0 aliphatic carbocycles. The molecular weight excluding hydrogens is 212 g/mol. The third kappa shape index (κ3) is 4.87. The van der Waals surface area contributed by atoms with Crippen LogP contribution in [0.1, 0.15) is 12.0 Å². The summed E-state index contributed by atoms with van der Waals surface area (Å²) in [5, 5.41) is 9.61. The number of benzene rings is 1. The van der Waals surface area contributed by atoms with E-state index in [0.717, 1.165) is 17.7 Å². The predicted molar refractivity (Wildman–Crippen MR) is 71.0 cm³/mol. The summed E-state index contributed by atoms with van der Waals surface area (Å²) in [7, 11) is 0. The molecule has 1 atom stereocenters. The minimum Gasteiger partial charge on any atom is -0.491 e. The Morgan fingerprint density at radius 3 is 2.71 bits per heavy atom. The number of rotatable bonds is 8. The molecule has 0 fully saturated rings. The summed E-state index contributed by atoms with van der Waals surface area (Å²) in [5.41, 5.74) is 1.08. The average molecular weight is 231 g/mol. The summed E-state index contributed by atoms with van der Waals surface area (Å²) in [6.45, 7) is 7.57. The van der Waals surface area contributed by atoms with Crippen molar-refractivity contribution in [3.8, 4) is 5.75 Å². The molecule has 1 radical (unpaired) electrons. The molecule has 2 heteroatoms. The number of aliphatic hydroxyl groups is 1. The van der Waals surface area contributed by atoms with Crippen LogP contribution in [0, 0.1) is 6.42 Å². The number of hydrogen-bond donors (Lipinski definition) is 1. The van der Waals surface area contributed by atoms with E-state index in [-0.39, 0.29) is 6.61 Å². The van der Waals surface area contributed by atoms with Crippen molar-refractivity contribution in [1.29, 1.82) is 0 Å². The third-order valence-corrected chi connectivity index (χ3v) is 2.32. The predicted octanol–water partition coefficient (Wildman–Crippen LogP) is 2.94. The fraction of sp³-hybridized carbons (Fsp3) is 0.267. The van der Waals surface area contributed by atoms with Crippen LogP contribution in [0.2, 0.25) is 0 Å². The van der Waals surface area contributed by atoms with Crippen molar-refractivity contribution in [2.75, 3.05) is 6.61 Å². The highest BCUT2D eigenvalue weighted by Gasteiger charge is 2.06. The molecule has 1 rings (SSSR count). The van der Waals surface area contributed by atoms with E-state index in [1.807, 2.05) is 30.3 Å². The second-order valence-electron chi connectivity index (χ2n) is 3.74. The van der Waals surface area contributed by atoms with E-state index in [1.165, 1.54) is 0 Å². The van der Waals surface area contributed by atoms with Gasteiger partial charge in [0.05, 0.1) is 6.10 Å². The Bertz CT molecular complexity index is 358. The SMILES string of the molecule is C=CC[CH]C(O)COc1ccccc1CC=C. The first-order valence-electron chi connectivity index (χ1n) is 5.71. The zero-order valence-corrected chi connectivity index (χ0v) is 10.0. The highest BCUT2D eigenvalue weighted by atomic mass is 16.5. The second-order valence-corrected chi connectivity index (χ2v) is 3.74. The molecule has 17 heavy (non-hydrogen) atoms. The second kappa shape index (κ2) is 7.69. The van der Waals surface area contributed by atoms with Crippen molar-refractivity contribution in [1.82, 2.24) is 0 Å². The summed E-state index contributed by atoms with van der Waals surface area (Å²) in [6, 6.07) is 7.78. The maximum absolute atomic E-state index is 9.61. The Hall–Kier alpha value is -1.54. The fourth-order valence-electron chi connectivity index (χ4n) is 1.47. The lowest BCUT2D eigenvalue weighted by Gasteiger charge is -2.13. The summed E-state index contributed by atoms with van der Waals surface area (Å²) in [5.74, 6) is 0.804. The van der Waals surface area contributed by atoms with Crippen molar-refractivity contribution < 1.29 is 9.84 Å². The number of aliphatic hydroxyl groups excluding tert-OH is 1. The Morgan fingerprint density at radius 2 is 2.00 bits per heavy atom. The van der Waals surface area contributed by atoms with E-state index in [4.69, 9.17) is 4.74 Å². The Kier molecular flexibility index (Phi) is 6.12. The summed E-state index contributed by atoms with van der Waals surface area (Å²) < 4.78 is 5.59. The molecule has 0 saturated heterocycles. The number of hydrogen-bond acceptors (Lipinski definition) is 2. The first-order chi connectivity index (χ1) is 8.27. The van der Waals surface area contributed by atoms with Crippen LogP contribution in [-0.4, -0.2) is 17.8 Å². The van der Waals surface area contributed by atoms with Crippen molar-refractivity contribution in [2.45, 2.75) is 18.9 Å². The highest BCUT2D eigenvalue weighted by Crippen LogP contribution is 2.19. The van der Waals surface area contributed by atoms with E-state index in [9.17, 15) is 5.11 Å². The molecule has 0 heterocycles. The Balaban J connectivity index is 2.50. The van der Waals surface area contributed by atoms with Crippen LogP contribution in [0.15, 0.2) is 49.6 Å². The van der Waals surface area contributed by atoms with E-state index >= 15 is 0 Å². The van der Waals surface area contributed by atoms with E-state index < -0.39 is 6.10 Å². The van der Waals surface area contributed by atoms with Gasteiger partial charge in [-0.15, -0.1) is 13.2 Å². The summed E-state index contributed by atoms with van der Waals surface area (Å²) in [4.78, 5) is 0. The van der Waals surface area contributed by atoms with Crippen molar-refractivity contribution in [3.05, 3.63) is 61.6 Å². The molecule has 0 aromatic heterocycles. The smallest absolute Gasteiger partial charge is 0.122 e. The minimum atomic E-state index is -0.565. The molecule has 1 N–H and O–H groups in total. The zero-order chi connectivity index (χ0) is 12.5. The van der Waals surface area contributed by atoms with Crippen molar-refractivity contribution >= 4 is 0 Å². The van der Waals surface area contributed by atoms with E-state index in [0.29, 0.717) is 6.42 Å². The van der Waals surface area contributed by atoms with Gasteiger partial charge in [0.25, 0.3) is 0 Å². The lowest BCUT2D eigenvalue weighted by molar-refractivity contribution is 0.130. The molecule has 1 aromatic rings. The molecule has 1 aromatic carbocycles. The lowest BCUT2D eigenvalue weighted by atomic mass is 10.1. The van der Waals surface area contributed by atoms with Gasteiger partial charge in [0, 0.05) is 0 Å². The average Bonchev–Trinajstić information content (AvgIpc) is 2.35. The van der Waals surface area contributed by atoms with Gasteiger partial charge in [0.15, 0.2) is 0 Å². The minimum absolute atomic E-state index is 0.266. The van der Waals surface area contributed by atoms with Crippen LogP contribution in [0.3, 0.4) is 0 Å². The molecule has 2 nitrogen and oxygen atoms in total. The zero-order valence-electron chi connectivity index (χ0n) is 10.0. The van der Waals surface area contributed by atoms with Crippen LogP contribution in [0.4, 0.5) is 0 Å². The molecule has 0 aliphatic rings. The number of allylic oxidation sites excluding steroid dienone is 2. The molecule has 91 valence electrons. The molecule has 1 unspecified atom stereocenters. The summed E-state index contributed by atoms with van der Waals surface area (Å²) in [6.07, 6.45) is 6.23. The third-order valence-electron chi connectivity index (χ3n) is 2.32. The largest absolute Gasteiger partial charge is 0.491 e. The Labute approximate surface area is 103 Å². The molecule has 0 spiro atoms. The molecule has 0 aliphatic heterocycles. The first kappa shape index (κ1) is 13.5. The van der Waals surface area contributed by atoms with Gasteiger partial charge >= 0.3 is 0 Å². The van der Waals surface area contributed by atoms with Gasteiger partial charge in [-0.3, -0.25) is 0 Å². The first-order valence-corrected chi connectivity index (χ1v) is 5.71. The van der Waals surface area contributed by atoms with E-state index in [1.54, 1.807) is 12.5 Å². The monoisotopic (exact) mass is 231 g/mol. The maximum atomic E-state index is 9.61. The molecule has 0 amide bonds. The topological polar surface area (TPSA) is 29.5 Å². The highest BCUT2D eigenvalue weighted by molar-refractivity contribution is 5.34. The van der Waals surface area contributed by atoms with Gasteiger partial charge in [-0.1, -0.05) is 30.4 Å². The van der Waals surface area contributed by atoms with Gasteiger partial charge in [0.1, 0.15) is 12.4 Å². The lowest BCUT2D eigenvalue weighted by Crippen LogP contribution is -2.18. The van der Waals surface area contributed by atoms with Crippen LogP contribution in [0.5, 0.6) is 5.75 Å². The summed E-state index contributed by atoms with van der Waals surface area (Å²) >= 11 is 0. The number of ether oxygens (including phenoxy) is 1. The van der Waals surface area contributed by atoms with Crippen LogP contribution in [-0.2, 0) is 6.42 Å².